The van der Waals surface area contributed by atoms with Crippen molar-refractivity contribution in [1.82, 2.24) is 0 Å². The van der Waals surface area contributed by atoms with E-state index in [1.807, 2.05) is 0 Å². The first kappa shape index (κ1) is 15.2. The molecule has 1 amide bonds. The van der Waals surface area contributed by atoms with Crippen molar-refractivity contribution >= 4 is 40.8 Å². The zero-order valence-corrected chi connectivity index (χ0v) is 11.9. The molecule has 0 spiro atoms. The van der Waals surface area contributed by atoms with Crippen molar-refractivity contribution in [1.29, 1.82) is 0 Å². The van der Waals surface area contributed by atoms with Gasteiger partial charge in [0.25, 0.3) is 5.91 Å². The van der Waals surface area contributed by atoms with E-state index in [-0.39, 0.29) is 32.6 Å². The molecule has 0 saturated carbocycles. The van der Waals surface area contributed by atoms with Gasteiger partial charge in [0.05, 0.1) is 11.3 Å². The topological polar surface area (TPSA) is 86.6 Å². The fourth-order valence-electron chi connectivity index (χ4n) is 1.72. The average Bonchev–Trinajstić information content (AvgIpc) is 2.39. The van der Waals surface area contributed by atoms with Crippen LogP contribution in [0.5, 0.6) is 5.75 Å². The third-order valence-electron chi connectivity index (χ3n) is 2.64. The number of carboxylic acids is 1. The van der Waals surface area contributed by atoms with E-state index >= 15 is 0 Å². The highest BCUT2D eigenvalue weighted by Gasteiger charge is 2.17. The number of hydrogen-bond acceptors (Lipinski definition) is 3. The summed E-state index contributed by atoms with van der Waals surface area (Å²) in [5, 5.41) is 21.7. The predicted molar refractivity (Wildman–Crippen MR) is 79.5 cm³/mol. The Bertz CT molecular complexity index is 711. The Hall–Kier alpha value is -2.24. The number of hydrogen-bond donors (Lipinski definition) is 3. The molecule has 2 rings (SSSR count). The standard InChI is InChI=1S/C14H9Cl2NO4/c15-8-4-7(5-9(16)6-8)13(19)17-12-10(14(20)21)2-1-3-11(12)18/h1-6,18H,(H,17,19)(H,20,21). The maximum Gasteiger partial charge on any atom is 0.337 e. The summed E-state index contributed by atoms with van der Waals surface area (Å²) in [6, 6.07) is 8.12. The zero-order valence-electron chi connectivity index (χ0n) is 10.4. The minimum absolute atomic E-state index is 0.145. The predicted octanol–water partition coefficient (Wildman–Crippen LogP) is 3.65. The SMILES string of the molecule is O=C(Nc1c(O)cccc1C(=O)O)c1cc(Cl)cc(Cl)c1. The highest BCUT2D eigenvalue weighted by atomic mass is 35.5. The summed E-state index contributed by atoms with van der Waals surface area (Å²) in [7, 11) is 0. The first-order chi connectivity index (χ1) is 9.88. The van der Waals surface area contributed by atoms with Gasteiger partial charge in [-0.25, -0.2) is 4.79 Å². The first-order valence-electron chi connectivity index (χ1n) is 5.71. The van der Waals surface area contributed by atoms with Crippen LogP contribution < -0.4 is 5.32 Å². The number of carbonyl (C=O) groups excluding carboxylic acids is 1. The van der Waals surface area contributed by atoms with E-state index in [0.29, 0.717) is 0 Å². The van der Waals surface area contributed by atoms with Crippen LogP contribution in [0, 0.1) is 0 Å². The lowest BCUT2D eigenvalue weighted by atomic mass is 10.1. The lowest BCUT2D eigenvalue weighted by Gasteiger charge is -2.10. The molecule has 0 aliphatic rings. The zero-order chi connectivity index (χ0) is 15.6. The number of aromatic carboxylic acids is 1. The molecule has 0 unspecified atom stereocenters. The molecule has 0 bridgehead atoms. The number of para-hydroxylation sites is 1. The molecule has 0 aliphatic heterocycles. The van der Waals surface area contributed by atoms with Gasteiger partial charge in [-0.05, 0) is 30.3 Å². The van der Waals surface area contributed by atoms with Crippen LogP contribution in [0.15, 0.2) is 36.4 Å². The van der Waals surface area contributed by atoms with Crippen molar-refractivity contribution in [2.24, 2.45) is 0 Å². The van der Waals surface area contributed by atoms with Gasteiger partial charge in [-0.3, -0.25) is 4.79 Å². The Balaban J connectivity index is 2.38. The van der Waals surface area contributed by atoms with Crippen LogP contribution in [-0.2, 0) is 0 Å². The van der Waals surface area contributed by atoms with Gasteiger partial charge in [-0.1, -0.05) is 29.3 Å². The van der Waals surface area contributed by atoms with E-state index in [1.54, 1.807) is 0 Å². The van der Waals surface area contributed by atoms with Crippen LogP contribution in [0.2, 0.25) is 10.0 Å². The van der Waals surface area contributed by atoms with Gasteiger partial charge in [0.15, 0.2) is 0 Å². The minimum Gasteiger partial charge on any atom is -0.506 e. The van der Waals surface area contributed by atoms with Crippen LogP contribution in [-0.4, -0.2) is 22.1 Å². The largest absolute Gasteiger partial charge is 0.506 e. The molecule has 0 heterocycles. The van der Waals surface area contributed by atoms with Crippen molar-refractivity contribution in [3.05, 3.63) is 57.6 Å². The van der Waals surface area contributed by atoms with Gasteiger partial charge >= 0.3 is 5.97 Å². The molecule has 0 atom stereocenters. The highest BCUT2D eigenvalue weighted by Crippen LogP contribution is 2.28. The van der Waals surface area contributed by atoms with E-state index in [2.05, 4.69) is 5.32 Å². The van der Waals surface area contributed by atoms with Crippen LogP contribution in [0.4, 0.5) is 5.69 Å². The van der Waals surface area contributed by atoms with Gasteiger partial charge in [-0.15, -0.1) is 0 Å². The molecule has 21 heavy (non-hydrogen) atoms. The van der Waals surface area contributed by atoms with Crippen molar-refractivity contribution in [3.8, 4) is 5.75 Å². The molecule has 5 nitrogen and oxygen atoms in total. The molecule has 7 heteroatoms. The Morgan fingerprint density at radius 1 is 1.05 bits per heavy atom. The molecule has 108 valence electrons. The van der Waals surface area contributed by atoms with Crippen LogP contribution in [0.25, 0.3) is 0 Å². The third kappa shape index (κ3) is 3.45. The second kappa shape index (κ2) is 6.03. The van der Waals surface area contributed by atoms with Crippen molar-refractivity contribution in [2.75, 3.05) is 5.32 Å². The molecule has 0 aromatic heterocycles. The summed E-state index contributed by atoms with van der Waals surface area (Å²) in [6.07, 6.45) is 0. The van der Waals surface area contributed by atoms with Gasteiger partial charge in [0.1, 0.15) is 5.75 Å². The molecular formula is C14H9Cl2NO4. The van der Waals surface area contributed by atoms with Gasteiger partial charge in [0, 0.05) is 15.6 Å². The molecule has 2 aromatic carbocycles. The van der Waals surface area contributed by atoms with Crippen molar-refractivity contribution in [2.45, 2.75) is 0 Å². The molecule has 0 aliphatic carbocycles. The molecule has 2 aromatic rings. The number of carbonyl (C=O) groups is 2. The number of benzene rings is 2. The lowest BCUT2D eigenvalue weighted by molar-refractivity contribution is 0.0697. The summed E-state index contributed by atoms with van der Waals surface area (Å²) < 4.78 is 0. The van der Waals surface area contributed by atoms with Gasteiger partial charge < -0.3 is 15.5 Å². The first-order valence-corrected chi connectivity index (χ1v) is 6.47. The van der Waals surface area contributed by atoms with Crippen LogP contribution in [0.3, 0.4) is 0 Å². The minimum atomic E-state index is -1.27. The fourth-order valence-corrected chi connectivity index (χ4v) is 2.25. The maximum absolute atomic E-state index is 12.1. The fraction of sp³-hybridized carbons (Fsp3) is 0. The van der Waals surface area contributed by atoms with E-state index in [0.717, 1.165) is 0 Å². The number of anilines is 1. The second-order valence-corrected chi connectivity index (χ2v) is 4.99. The van der Waals surface area contributed by atoms with Crippen molar-refractivity contribution in [3.63, 3.8) is 0 Å². The normalized spacial score (nSPS) is 10.2. The molecule has 0 fully saturated rings. The highest BCUT2D eigenvalue weighted by molar-refractivity contribution is 6.35. The van der Waals surface area contributed by atoms with Crippen LogP contribution in [0.1, 0.15) is 20.7 Å². The number of aromatic hydroxyl groups is 1. The quantitative estimate of drug-likeness (QED) is 0.752. The summed E-state index contributed by atoms with van der Waals surface area (Å²) in [4.78, 5) is 23.2. The second-order valence-electron chi connectivity index (χ2n) is 4.12. The number of rotatable bonds is 3. The lowest BCUT2D eigenvalue weighted by Crippen LogP contribution is -2.15. The Labute approximate surface area is 129 Å². The number of carboxylic acid groups (broad SMARTS) is 1. The molecule has 3 N–H and O–H groups in total. The number of halogens is 2. The number of amides is 1. The average molecular weight is 326 g/mol. The summed E-state index contributed by atoms with van der Waals surface area (Å²) in [5.41, 5.74) is -0.269. The molecular weight excluding hydrogens is 317 g/mol. The van der Waals surface area contributed by atoms with Gasteiger partial charge in [-0.2, -0.15) is 0 Å². The number of phenolic OH excluding ortho intramolecular Hbond substituents is 1. The summed E-state index contributed by atoms with van der Waals surface area (Å²) in [6.45, 7) is 0. The summed E-state index contributed by atoms with van der Waals surface area (Å²) in [5.74, 6) is -2.26. The summed E-state index contributed by atoms with van der Waals surface area (Å²) >= 11 is 11.6. The number of nitrogens with one attached hydrogen (secondary N) is 1. The van der Waals surface area contributed by atoms with E-state index in [1.165, 1.54) is 36.4 Å². The van der Waals surface area contributed by atoms with Crippen LogP contribution >= 0.6 is 23.2 Å². The number of phenols is 1. The van der Waals surface area contributed by atoms with E-state index in [4.69, 9.17) is 28.3 Å². The Morgan fingerprint density at radius 2 is 1.67 bits per heavy atom. The van der Waals surface area contributed by atoms with Gasteiger partial charge in [0.2, 0.25) is 0 Å². The third-order valence-corrected chi connectivity index (χ3v) is 3.07. The Morgan fingerprint density at radius 3 is 2.24 bits per heavy atom. The maximum atomic E-state index is 12.1. The monoisotopic (exact) mass is 325 g/mol. The Kier molecular flexibility index (Phi) is 4.35. The van der Waals surface area contributed by atoms with E-state index in [9.17, 15) is 14.7 Å². The smallest absolute Gasteiger partial charge is 0.337 e. The molecule has 0 radical (unpaired) electrons. The van der Waals surface area contributed by atoms with E-state index < -0.39 is 11.9 Å². The molecule has 0 saturated heterocycles. The van der Waals surface area contributed by atoms with Crippen molar-refractivity contribution < 1.29 is 19.8 Å².